The van der Waals surface area contributed by atoms with Gasteiger partial charge in [0, 0.05) is 32.0 Å². The summed E-state index contributed by atoms with van der Waals surface area (Å²) in [5.74, 6) is -0.740. The molecule has 0 aromatic carbocycles. The Morgan fingerprint density at radius 2 is 1.45 bits per heavy atom. The molecule has 2 aliphatic rings. The normalized spacial score (nSPS) is 31.6. The van der Waals surface area contributed by atoms with E-state index in [0.717, 1.165) is 25.9 Å². The van der Waals surface area contributed by atoms with E-state index in [1.54, 1.807) is 7.11 Å². The second kappa shape index (κ2) is 15.2. The summed E-state index contributed by atoms with van der Waals surface area (Å²) >= 11 is 0. The van der Waals surface area contributed by atoms with Crippen molar-refractivity contribution in [3.63, 3.8) is 0 Å². The van der Waals surface area contributed by atoms with E-state index in [-0.39, 0.29) is 41.3 Å². The van der Waals surface area contributed by atoms with Crippen LogP contribution in [-0.2, 0) is 31.9 Å². The number of methoxy groups -OCH3 is 1. The van der Waals surface area contributed by atoms with Gasteiger partial charge < -0.3 is 31.9 Å². The van der Waals surface area contributed by atoms with Crippen LogP contribution >= 0.6 is 0 Å². The maximum atomic E-state index is 7.17. The zero-order valence-electron chi connectivity index (χ0n) is 31.6. The summed E-state index contributed by atoms with van der Waals surface area (Å²) in [6, 6.07) is 0. The zero-order chi connectivity index (χ0) is 33.9. The Morgan fingerprint density at radius 1 is 0.841 bits per heavy atom. The third kappa shape index (κ3) is 11.7. The first-order valence-corrected chi connectivity index (χ1v) is 30.2. The molecule has 7 nitrogen and oxygen atoms in total. The fourth-order valence-electron chi connectivity index (χ4n) is 5.80. The number of ether oxygens (including phenoxy) is 3. The summed E-state index contributed by atoms with van der Waals surface area (Å²) in [5, 5.41) is 0.105. The van der Waals surface area contributed by atoms with Crippen molar-refractivity contribution in [3.05, 3.63) is 12.3 Å². The molecule has 1 saturated heterocycles. The average Bonchev–Trinajstić information content (AvgIpc) is 2.83. The van der Waals surface area contributed by atoms with Crippen LogP contribution in [0.1, 0.15) is 60.3 Å². The Morgan fingerprint density at radius 3 is 1.95 bits per heavy atom. The van der Waals surface area contributed by atoms with Crippen molar-refractivity contribution in [3.8, 4) is 0 Å². The quantitative estimate of drug-likeness (QED) is 0.125. The highest BCUT2D eigenvalue weighted by Crippen LogP contribution is 2.46. The molecule has 2 heterocycles. The fraction of sp³-hybridized carbons (Fsp3) is 0.939. The Labute approximate surface area is 276 Å². The van der Waals surface area contributed by atoms with Crippen LogP contribution in [0.4, 0.5) is 0 Å². The summed E-state index contributed by atoms with van der Waals surface area (Å²) in [7, 11) is -5.73. The van der Waals surface area contributed by atoms with Gasteiger partial charge in [-0.15, -0.1) is 0 Å². The number of hydrogen-bond acceptors (Lipinski definition) is 7. The van der Waals surface area contributed by atoms with Crippen LogP contribution in [0, 0.1) is 11.8 Å². The molecule has 0 radical (unpaired) electrons. The number of unbranched alkanes of at least 4 members (excludes halogenated alkanes) is 1. The van der Waals surface area contributed by atoms with E-state index in [1.165, 1.54) is 0 Å². The molecule has 0 aromatic heterocycles. The van der Waals surface area contributed by atoms with Gasteiger partial charge in [0.05, 0.1) is 24.6 Å². The lowest BCUT2D eigenvalue weighted by molar-refractivity contribution is -0.343. The van der Waals surface area contributed by atoms with Gasteiger partial charge in [-0.25, -0.2) is 0 Å². The van der Waals surface area contributed by atoms with Gasteiger partial charge in [0.25, 0.3) is 0 Å². The Bertz CT molecular complexity index is 919. The van der Waals surface area contributed by atoms with Gasteiger partial charge in [-0.3, -0.25) is 0 Å². The van der Waals surface area contributed by atoms with Crippen LogP contribution in [0.5, 0.6) is 0 Å². The van der Waals surface area contributed by atoms with E-state index in [1.807, 2.05) is 6.26 Å². The van der Waals surface area contributed by atoms with Crippen LogP contribution in [0.15, 0.2) is 12.3 Å². The first-order valence-electron chi connectivity index (χ1n) is 17.0. The van der Waals surface area contributed by atoms with E-state index < -0.39 is 45.2 Å². The highest BCUT2D eigenvalue weighted by molar-refractivity contribution is 6.74. The minimum Gasteiger partial charge on any atom is -0.495 e. The van der Waals surface area contributed by atoms with Gasteiger partial charge in [-0.2, -0.15) is 0 Å². The van der Waals surface area contributed by atoms with Crippen LogP contribution in [0.25, 0.3) is 0 Å². The molecule has 0 N–H and O–H groups in total. The van der Waals surface area contributed by atoms with Gasteiger partial charge in [-0.05, 0) is 102 Å². The minimum atomic E-state index is -2.08. The van der Waals surface area contributed by atoms with Crippen LogP contribution in [0.2, 0.25) is 77.1 Å². The highest BCUT2D eigenvalue weighted by atomic mass is 28.4. The van der Waals surface area contributed by atoms with Gasteiger partial charge in [0.15, 0.2) is 39.1 Å². The summed E-state index contributed by atoms with van der Waals surface area (Å²) in [5.41, 5.74) is 0. The van der Waals surface area contributed by atoms with Crippen molar-refractivity contribution in [2.45, 2.75) is 174 Å². The number of rotatable bonds is 15. The van der Waals surface area contributed by atoms with E-state index in [4.69, 9.17) is 31.9 Å². The molecular weight excluding hydrogens is 621 g/mol. The zero-order valence-corrected chi connectivity index (χ0v) is 35.6. The standard InChI is InChI=1S/C33H70O7Si4/c1-25-27(20-18-19-22-36-41(7,8)9)37-33(34-6,24-29(25)38-42(10,11)12)31(40-43(13,14)15)30-26(2)28(21-23-35-30)39-44(16,17)32(3,4)5/h21,23,25-31H,18-20,22,24H2,1-17H3/t25-,26+,27+,28-,29-,30+,31-,33+/m0/s1. The molecule has 0 bridgehead atoms. The maximum Gasteiger partial charge on any atom is 0.199 e. The van der Waals surface area contributed by atoms with Crippen LogP contribution < -0.4 is 0 Å². The molecule has 2 aliphatic heterocycles. The topological polar surface area (TPSA) is 64.6 Å². The molecule has 260 valence electrons. The molecule has 2 rings (SSSR count). The van der Waals surface area contributed by atoms with Crippen molar-refractivity contribution >= 4 is 33.3 Å². The van der Waals surface area contributed by atoms with Crippen molar-refractivity contribution in [1.82, 2.24) is 0 Å². The predicted octanol–water partition coefficient (Wildman–Crippen LogP) is 9.16. The lowest BCUT2D eigenvalue weighted by Gasteiger charge is -2.54. The summed E-state index contributed by atoms with van der Waals surface area (Å²) in [4.78, 5) is 0. The molecule has 0 saturated carbocycles. The summed E-state index contributed by atoms with van der Waals surface area (Å²) in [6.07, 6.45) is 6.63. The Hall–Kier alpha value is 0.168. The smallest absolute Gasteiger partial charge is 0.199 e. The number of hydrogen-bond donors (Lipinski definition) is 0. The monoisotopic (exact) mass is 690 g/mol. The molecule has 0 aromatic rings. The highest BCUT2D eigenvalue weighted by Gasteiger charge is 2.57. The van der Waals surface area contributed by atoms with Gasteiger partial charge in [0.1, 0.15) is 12.2 Å². The Balaban J connectivity index is 2.47. The maximum absolute atomic E-state index is 7.17. The van der Waals surface area contributed by atoms with Crippen LogP contribution in [-0.4, -0.2) is 83.3 Å². The molecule has 1 fully saturated rings. The first-order chi connectivity index (χ1) is 19.8. The molecule has 0 spiro atoms. The summed E-state index contributed by atoms with van der Waals surface area (Å²) < 4.78 is 47.3. The van der Waals surface area contributed by atoms with E-state index >= 15 is 0 Å². The molecule has 8 atom stereocenters. The molecule has 0 unspecified atom stereocenters. The minimum absolute atomic E-state index is 0.0000475. The lowest BCUT2D eigenvalue weighted by atomic mass is 9.81. The van der Waals surface area contributed by atoms with Crippen molar-refractivity contribution in [2.75, 3.05) is 13.7 Å². The third-order valence-electron chi connectivity index (χ3n) is 9.27. The van der Waals surface area contributed by atoms with Gasteiger partial charge in [-0.1, -0.05) is 34.6 Å². The molecule has 44 heavy (non-hydrogen) atoms. The van der Waals surface area contributed by atoms with Crippen molar-refractivity contribution < 1.29 is 31.9 Å². The van der Waals surface area contributed by atoms with Gasteiger partial charge in [0.2, 0.25) is 0 Å². The molecule has 0 amide bonds. The molecule has 0 aliphatic carbocycles. The predicted molar refractivity (Wildman–Crippen MR) is 193 cm³/mol. The Kier molecular flexibility index (Phi) is 13.9. The SMILES string of the molecule is CO[C@]1([C@@H](O[Si](C)(C)C)[C@@H]2OC=C[C@H](O[Si](C)(C)C(C)(C)C)[C@H]2C)C[C@H](O[Si](C)(C)C)[C@@H](C)[C@@H](CCCCO[Si](C)(C)C)O1. The second-order valence-electron chi connectivity index (χ2n) is 17.7. The second-order valence-corrected chi connectivity index (χ2v) is 35.9. The first kappa shape index (κ1) is 40.3. The van der Waals surface area contributed by atoms with E-state index in [9.17, 15) is 0 Å². The fourth-order valence-corrected chi connectivity index (χ4v) is 10.2. The summed E-state index contributed by atoms with van der Waals surface area (Å²) in [6.45, 7) is 37.0. The average molecular weight is 691 g/mol. The van der Waals surface area contributed by atoms with Gasteiger partial charge >= 0.3 is 0 Å². The van der Waals surface area contributed by atoms with Crippen molar-refractivity contribution in [1.29, 1.82) is 0 Å². The lowest BCUT2D eigenvalue weighted by Crippen LogP contribution is -2.66. The van der Waals surface area contributed by atoms with Crippen molar-refractivity contribution in [2.24, 2.45) is 11.8 Å². The molecule has 11 heteroatoms. The molecular formula is C33H70O7Si4. The largest absolute Gasteiger partial charge is 0.495 e. The van der Waals surface area contributed by atoms with E-state index in [2.05, 4.69) is 113 Å². The van der Waals surface area contributed by atoms with E-state index in [0.29, 0.717) is 6.42 Å². The third-order valence-corrected chi connectivity index (χ3v) is 16.8. The van der Waals surface area contributed by atoms with Crippen LogP contribution in [0.3, 0.4) is 0 Å².